The first-order valence-electron chi connectivity index (χ1n) is 6.72. The molecule has 0 fully saturated rings. The third-order valence-corrected chi connectivity index (χ3v) is 3.17. The van der Waals surface area contributed by atoms with Gasteiger partial charge in [0.25, 0.3) is 0 Å². The number of rotatable bonds is 8. The number of aromatic nitrogens is 1. The lowest BCUT2D eigenvalue weighted by Gasteiger charge is -2.26. The van der Waals surface area contributed by atoms with E-state index in [1.165, 1.54) is 5.56 Å². The Kier molecular flexibility index (Phi) is 6.68. The third kappa shape index (κ3) is 3.96. The van der Waals surface area contributed by atoms with Crippen molar-refractivity contribution in [3.8, 4) is 0 Å². The van der Waals surface area contributed by atoms with Crippen molar-refractivity contribution in [1.29, 1.82) is 0 Å². The van der Waals surface area contributed by atoms with Crippen molar-refractivity contribution >= 4 is 5.82 Å². The van der Waals surface area contributed by atoms with Gasteiger partial charge in [0.05, 0.1) is 6.61 Å². The topological polar surface area (TPSA) is 48.4 Å². The predicted molar refractivity (Wildman–Crippen MR) is 75.9 cm³/mol. The van der Waals surface area contributed by atoms with Gasteiger partial charge in [-0.3, -0.25) is 0 Å². The highest BCUT2D eigenvalue weighted by molar-refractivity contribution is 5.48. The highest BCUT2D eigenvalue weighted by Crippen LogP contribution is 2.23. The van der Waals surface area contributed by atoms with Gasteiger partial charge in [-0.25, -0.2) is 4.98 Å². The first-order valence-corrected chi connectivity index (χ1v) is 6.72. The molecule has 0 spiro atoms. The van der Waals surface area contributed by atoms with Crippen LogP contribution < -0.4 is 10.2 Å². The van der Waals surface area contributed by atoms with Crippen LogP contribution in [0.3, 0.4) is 0 Å². The fourth-order valence-electron chi connectivity index (χ4n) is 1.96. The molecule has 2 N–H and O–H groups in total. The van der Waals surface area contributed by atoms with E-state index in [1.807, 2.05) is 19.3 Å². The van der Waals surface area contributed by atoms with Crippen LogP contribution in [0.25, 0.3) is 0 Å². The Bertz CT molecular complexity index is 344. The van der Waals surface area contributed by atoms with E-state index in [0.29, 0.717) is 6.54 Å². The second-order valence-electron chi connectivity index (χ2n) is 4.49. The molecule has 1 atom stereocenters. The van der Waals surface area contributed by atoms with Crippen LogP contribution in [-0.4, -0.2) is 36.8 Å². The summed E-state index contributed by atoms with van der Waals surface area (Å²) in [5, 5.41) is 12.4. The van der Waals surface area contributed by atoms with Gasteiger partial charge < -0.3 is 15.3 Å². The number of nitrogens with one attached hydrogen (secondary N) is 1. The highest BCUT2D eigenvalue weighted by atomic mass is 16.3. The lowest BCUT2D eigenvalue weighted by atomic mass is 10.1. The number of aliphatic hydroxyl groups excluding tert-OH is 1. The molecule has 0 bridgehead atoms. The minimum atomic E-state index is 0.160. The summed E-state index contributed by atoms with van der Waals surface area (Å²) in [5.41, 5.74) is 1.18. The maximum absolute atomic E-state index is 9.20. The standard InChI is InChI=1S/C14H25N3O/c1-4-5-9-17(10-11-18)14-13(12(2)15-3)7-6-8-16-14/h6-8,12,15,18H,4-5,9-11H2,1-3H3. The molecule has 4 nitrogen and oxygen atoms in total. The zero-order valence-electron chi connectivity index (χ0n) is 11.7. The van der Waals surface area contributed by atoms with E-state index in [1.54, 1.807) is 0 Å². The van der Waals surface area contributed by atoms with Crippen LogP contribution in [0.5, 0.6) is 0 Å². The van der Waals surface area contributed by atoms with E-state index in [-0.39, 0.29) is 12.6 Å². The molecule has 1 heterocycles. The molecule has 4 heteroatoms. The molecule has 1 aromatic rings. The van der Waals surface area contributed by atoms with Gasteiger partial charge in [-0.05, 0) is 26.5 Å². The molecule has 0 saturated carbocycles. The van der Waals surface area contributed by atoms with E-state index in [2.05, 4.69) is 35.1 Å². The maximum atomic E-state index is 9.20. The highest BCUT2D eigenvalue weighted by Gasteiger charge is 2.15. The van der Waals surface area contributed by atoms with Gasteiger partial charge >= 0.3 is 0 Å². The van der Waals surface area contributed by atoms with E-state index < -0.39 is 0 Å². The average molecular weight is 251 g/mol. The van der Waals surface area contributed by atoms with Crippen LogP contribution >= 0.6 is 0 Å². The number of hydrogen-bond donors (Lipinski definition) is 2. The van der Waals surface area contributed by atoms with Crippen molar-refractivity contribution in [2.45, 2.75) is 32.7 Å². The predicted octanol–water partition coefficient (Wildman–Crippen LogP) is 1.96. The van der Waals surface area contributed by atoms with Crippen LogP contribution in [0.15, 0.2) is 18.3 Å². The van der Waals surface area contributed by atoms with Crippen LogP contribution in [0.4, 0.5) is 5.82 Å². The molecule has 0 radical (unpaired) electrons. The van der Waals surface area contributed by atoms with E-state index in [0.717, 1.165) is 25.2 Å². The Morgan fingerprint density at radius 1 is 1.44 bits per heavy atom. The number of aliphatic hydroxyl groups is 1. The molecule has 1 rings (SSSR count). The molecule has 1 aromatic heterocycles. The molecular weight excluding hydrogens is 226 g/mol. The average Bonchev–Trinajstić information content (AvgIpc) is 2.42. The fraction of sp³-hybridized carbons (Fsp3) is 0.643. The van der Waals surface area contributed by atoms with Crippen LogP contribution in [0.1, 0.15) is 38.3 Å². The number of pyridine rings is 1. The zero-order chi connectivity index (χ0) is 13.4. The molecule has 102 valence electrons. The molecule has 0 amide bonds. The summed E-state index contributed by atoms with van der Waals surface area (Å²) in [6, 6.07) is 4.32. The lowest BCUT2D eigenvalue weighted by molar-refractivity contribution is 0.301. The smallest absolute Gasteiger partial charge is 0.133 e. The van der Waals surface area contributed by atoms with Gasteiger partial charge in [-0.2, -0.15) is 0 Å². The van der Waals surface area contributed by atoms with Crippen molar-refractivity contribution in [1.82, 2.24) is 10.3 Å². The number of anilines is 1. The van der Waals surface area contributed by atoms with Crippen molar-refractivity contribution in [2.75, 3.05) is 31.6 Å². The van der Waals surface area contributed by atoms with Crippen molar-refractivity contribution < 1.29 is 5.11 Å². The minimum Gasteiger partial charge on any atom is -0.395 e. The number of unbranched alkanes of at least 4 members (excludes halogenated alkanes) is 1. The Labute approximate surface area is 110 Å². The quantitative estimate of drug-likeness (QED) is 0.741. The van der Waals surface area contributed by atoms with Crippen LogP contribution in [0, 0.1) is 0 Å². The van der Waals surface area contributed by atoms with Crippen LogP contribution in [-0.2, 0) is 0 Å². The first kappa shape index (κ1) is 14.9. The summed E-state index contributed by atoms with van der Waals surface area (Å²) in [5.74, 6) is 0.988. The van der Waals surface area contributed by atoms with Gasteiger partial charge in [0.15, 0.2) is 0 Å². The minimum absolute atomic E-state index is 0.160. The SMILES string of the molecule is CCCCN(CCO)c1ncccc1C(C)NC. The van der Waals surface area contributed by atoms with Crippen molar-refractivity contribution in [3.05, 3.63) is 23.9 Å². The third-order valence-electron chi connectivity index (χ3n) is 3.17. The summed E-state index contributed by atoms with van der Waals surface area (Å²) in [7, 11) is 1.95. The number of hydrogen-bond acceptors (Lipinski definition) is 4. The first-order chi connectivity index (χ1) is 8.74. The fourth-order valence-corrected chi connectivity index (χ4v) is 1.96. The maximum Gasteiger partial charge on any atom is 0.133 e. The van der Waals surface area contributed by atoms with Gasteiger partial charge in [0.2, 0.25) is 0 Å². The second-order valence-corrected chi connectivity index (χ2v) is 4.49. The summed E-state index contributed by atoms with van der Waals surface area (Å²) in [6.45, 7) is 6.04. The molecule has 1 unspecified atom stereocenters. The molecule has 18 heavy (non-hydrogen) atoms. The van der Waals surface area contributed by atoms with E-state index in [9.17, 15) is 5.11 Å². The molecule has 0 aliphatic heterocycles. The Hall–Kier alpha value is -1.13. The van der Waals surface area contributed by atoms with Crippen molar-refractivity contribution in [2.24, 2.45) is 0 Å². The van der Waals surface area contributed by atoms with Gasteiger partial charge in [-0.15, -0.1) is 0 Å². The van der Waals surface area contributed by atoms with Gasteiger partial charge in [0, 0.05) is 30.9 Å². The van der Waals surface area contributed by atoms with Gasteiger partial charge in [-0.1, -0.05) is 19.4 Å². The summed E-state index contributed by atoms with van der Waals surface area (Å²) < 4.78 is 0. The lowest BCUT2D eigenvalue weighted by Crippen LogP contribution is -2.30. The molecule has 0 aromatic carbocycles. The molecule has 0 aliphatic carbocycles. The second kappa shape index (κ2) is 8.06. The summed E-state index contributed by atoms with van der Waals surface area (Å²) in [6.07, 6.45) is 4.08. The summed E-state index contributed by atoms with van der Waals surface area (Å²) in [4.78, 5) is 6.67. The Balaban J connectivity index is 2.94. The van der Waals surface area contributed by atoms with E-state index in [4.69, 9.17) is 0 Å². The summed E-state index contributed by atoms with van der Waals surface area (Å²) >= 11 is 0. The molecular formula is C14H25N3O. The van der Waals surface area contributed by atoms with Crippen molar-refractivity contribution in [3.63, 3.8) is 0 Å². The van der Waals surface area contributed by atoms with E-state index >= 15 is 0 Å². The normalized spacial score (nSPS) is 12.4. The Morgan fingerprint density at radius 2 is 2.22 bits per heavy atom. The molecule has 0 saturated heterocycles. The number of nitrogens with zero attached hydrogens (tertiary/aromatic N) is 2. The molecule has 0 aliphatic rings. The Morgan fingerprint density at radius 3 is 2.83 bits per heavy atom. The largest absolute Gasteiger partial charge is 0.395 e. The van der Waals surface area contributed by atoms with Crippen LogP contribution in [0.2, 0.25) is 0 Å². The zero-order valence-corrected chi connectivity index (χ0v) is 11.7. The monoisotopic (exact) mass is 251 g/mol. The van der Waals surface area contributed by atoms with Gasteiger partial charge in [0.1, 0.15) is 5.82 Å².